The highest BCUT2D eigenvalue weighted by Gasteiger charge is 2.15. The van der Waals surface area contributed by atoms with Crippen molar-refractivity contribution in [1.82, 2.24) is 0 Å². The zero-order valence-electron chi connectivity index (χ0n) is 9.32. The van der Waals surface area contributed by atoms with Crippen molar-refractivity contribution in [2.75, 3.05) is 0 Å². The van der Waals surface area contributed by atoms with E-state index in [1.807, 2.05) is 0 Å². The molecule has 0 aliphatic carbocycles. The van der Waals surface area contributed by atoms with E-state index in [1.54, 1.807) is 39.0 Å². The third-order valence-electron chi connectivity index (χ3n) is 1.45. The fraction of sp³-hybridized carbons (Fsp3) is 0.364. The smallest absolute Gasteiger partial charge is 0.263 e. The Bertz CT molecular complexity index is 370. The molecule has 16 heavy (non-hydrogen) atoms. The molecule has 0 amide bonds. The van der Waals surface area contributed by atoms with Crippen molar-refractivity contribution in [3.05, 3.63) is 34.9 Å². The molecule has 0 atom stereocenters. The molecule has 4 nitrogen and oxygen atoms in total. The van der Waals surface area contributed by atoms with E-state index in [9.17, 15) is 4.79 Å². The van der Waals surface area contributed by atoms with E-state index in [4.69, 9.17) is 16.5 Å². The van der Waals surface area contributed by atoms with Crippen molar-refractivity contribution in [2.45, 2.75) is 26.4 Å². The Morgan fingerprint density at radius 1 is 1.31 bits per heavy atom. The van der Waals surface area contributed by atoms with Gasteiger partial charge in [0.2, 0.25) is 0 Å². The SMILES string of the molecule is CC(C)(C)OOOC(=O)c1cccc(Cl)c1. The summed E-state index contributed by atoms with van der Waals surface area (Å²) < 4.78 is 0. The maximum Gasteiger partial charge on any atom is 0.376 e. The van der Waals surface area contributed by atoms with Crippen LogP contribution in [0.1, 0.15) is 31.1 Å². The quantitative estimate of drug-likeness (QED) is 0.605. The van der Waals surface area contributed by atoms with Gasteiger partial charge in [-0.05, 0) is 44.0 Å². The summed E-state index contributed by atoms with van der Waals surface area (Å²) in [5.74, 6) is -0.660. The molecule has 0 spiro atoms. The summed E-state index contributed by atoms with van der Waals surface area (Å²) >= 11 is 5.72. The van der Waals surface area contributed by atoms with E-state index in [0.29, 0.717) is 10.6 Å². The second kappa shape index (κ2) is 5.30. The molecule has 1 aromatic rings. The van der Waals surface area contributed by atoms with Crippen LogP contribution in [0.4, 0.5) is 0 Å². The Morgan fingerprint density at radius 2 is 2.00 bits per heavy atom. The molecular weight excluding hydrogens is 232 g/mol. The van der Waals surface area contributed by atoms with Gasteiger partial charge in [-0.3, -0.25) is 4.89 Å². The number of hydrogen-bond donors (Lipinski definition) is 0. The zero-order valence-corrected chi connectivity index (χ0v) is 10.1. The minimum atomic E-state index is -0.660. The van der Waals surface area contributed by atoms with Gasteiger partial charge in [0.15, 0.2) is 0 Å². The average Bonchev–Trinajstić information content (AvgIpc) is 2.15. The van der Waals surface area contributed by atoms with Crippen LogP contribution < -0.4 is 0 Å². The third-order valence-corrected chi connectivity index (χ3v) is 1.69. The fourth-order valence-corrected chi connectivity index (χ4v) is 1.00. The fourth-order valence-electron chi connectivity index (χ4n) is 0.814. The van der Waals surface area contributed by atoms with Gasteiger partial charge < -0.3 is 0 Å². The minimum Gasteiger partial charge on any atom is -0.263 e. The molecule has 0 fully saturated rings. The summed E-state index contributed by atoms with van der Waals surface area (Å²) in [4.78, 5) is 20.6. The molecule has 0 radical (unpaired) electrons. The second-order valence-electron chi connectivity index (χ2n) is 4.14. The highest BCUT2D eigenvalue weighted by molar-refractivity contribution is 6.30. The third kappa shape index (κ3) is 4.61. The lowest BCUT2D eigenvalue weighted by Gasteiger charge is -2.15. The molecule has 5 heteroatoms. The average molecular weight is 245 g/mol. The molecule has 0 unspecified atom stereocenters. The summed E-state index contributed by atoms with van der Waals surface area (Å²) in [5.41, 5.74) is -0.251. The first-order chi connectivity index (χ1) is 7.38. The number of hydrogen-bond acceptors (Lipinski definition) is 4. The largest absolute Gasteiger partial charge is 0.376 e. The van der Waals surface area contributed by atoms with E-state index < -0.39 is 11.6 Å². The Kier molecular flexibility index (Phi) is 4.29. The van der Waals surface area contributed by atoms with Crippen LogP contribution in [0, 0.1) is 0 Å². The lowest BCUT2D eigenvalue weighted by atomic mass is 10.2. The molecule has 0 saturated heterocycles. The first-order valence-electron chi connectivity index (χ1n) is 4.71. The van der Waals surface area contributed by atoms with Crippen molar-refractivity contribution < 1.29 is 19.6 Å². The molecule has 88 valence electrons. The van der Waals surface area contributed by atoms with E-state index in [-0.39, 0.29) is 0 Å². The molecule has 0 N–H and O–H groups in total. The number of rotatable bonds is 3. The van der Waals surface area contributed by atoms with E-state index >= 15 is 0 Å². The standard InChI is InChI=1S/C11H13ClO4/c1-11(2,3)15-16-14-10(13)8-5-4-6-9(12)7-8/h4-7H,1-3H3. The highest BCUT2D eigenvalue weighted by Crippen LogP contribution is 2.13. The normalized spacial score (nSPS) is 11.2. The molecule has 1 aromatic carbocycles. The summed E-state index contributed by atoms with van der Waals surface area (Å²) in [6, 6.07) is 6.34. The minimum absolute atomic E-state index is 0.296. The van der Waals surface area contributed by atoms with Crippen LogP contribution in [0.15, 0.2) is 24.3 Å². The van der Waals surface area contributed by atoms with E-state index in [1.165, 1.54) is 6.07 Å². The van der Waals surface area contributed by atoms with Gasteiger partial charge in [-0.2, -0.15) is 4.89 Å². The molecular formula is C11H13ClO4. The molecule has 0 bridgehead atoms. The molecule has 0 aliphatic heterocycles. The zero-order chi connectivity index (χ0) is 12.2. The van der Waals surface area contributed by atoms with Gasteiger partial charge in [-0.25, -0.2) is 4.79 Å². The highest BCUT2D eigenvalue weighted by atomic mass is 35.5. The lowest BCUT2D eigenvalue weighted by Crippen LogP contribution is -2.20. The van der Waals surface area contributed by atoms with E-state index in [0.717, 1.165) is 0 Å². The van der Waals surface area contributed by atoms with Crippen LogP contribution in [0.3, 0.4) is 0 Å². The summed E-state index contributed by atoms with van der Waals surface area (Å²) in [7, 11) is 0. The predicted molar refractivity (Wildman–Crippen MR) is 58.8 cm³/mol. The number of benzene rings is 1. The van der Waals surface area contributed by atoms with Crippen molar-refractivity contribution in [2.24, 2.45) is 0 Å². The van der Waals surface area contributed by atoms with Crippen molar-refractivity contribution in [1.29, 1.82) is 0 Å². The van der Waals surface area contributed by atoms with Crippen molar-refractivity contribution in [3.8, 4) is 0 Å². The van der Waals surface area contributed by atoms with Gasteiger partial charge in [0.1, 0.15) is 0 Å². The van der Waals surface area contributed by atoms with Crippen LogP contribution >= 0.6 is 11.6 Å². The van der Waals surface area contributed by atoms with Gasteiger partial charge in [-0.1, -0.05) is 17.7 Å². The van der Waals surface area contributed by atoms with Gasteiger partial charge >= 0.3 is 5.97 Å². The maximum absolute atomic E-state index is 11.4. The number of halogens is 1. The first kappa shape index (κ1) is 13.0. The van der Waals surface area contributed by atoms with Gasteiger partial charge in [0, 0.05) is 5.02 Å². The Labute approximate surface area is 98.9 Å². The van der Waals surface area contributed by atoms with Crippen LogP contribution in [-0.4, -0.2) is 11.6 Å². The summed E-state index contributed by atoms with van der Waals surface area (Å²) in [6.45, 7) is 5.29. The molecule has 0 heterocycles. The predicted octanol–water partition coefficient (Wildman–Crippen LogP) is 3.16. The van der Waals surface area contributed by atoms with Crippen LogP contribution in [0.25, 0.3) is 0 Å². The Morgan fingerprint density at radius 3 is 2.56 bits per heavy atom. The first-order valence-corrected chi connectivity index (χ1v) is 5.08. The van der Waals surface area contributed by atoms with Crippen molar-refractivity contribution >= 4 is 17.6 Å². The maximum atomic E-state index is 11.4. The molecule has 0 aliphatic rings. The van der Waals surface area contributed by atoms with Gasteiger partial charge in [0.05, 0.1) is 11.2 Å². The van der Waals surface area contributed by atoms with Crippen LogP contribution in [-0.2, 0) is 14.8 Å². The molecule has 0 saturated carbocycles. The van der Waals surface area contributed by atoms with Crippen molar-refractivity contribution in [3.63, 3.8) is 0 Å². The summed E-state index contributed by atoms with van der Waals surface area (Å²) in [5, 5.41) is 4.81. The second-order valence-corrected chi connectivity index (χ2v) is 4.58. The number of carbonyl (C=O) groups excluding carboxylic acids is 1. The lowest BCUT2D eigenvalue weighted by molar-refractivity contribution is -0.510. The van der Waals surface area contributed by atoms with E-state index in [2.05, 4.69) is 9.93 Å². The van der Waals surface area contributed by atoms with Gasteiger partial charge in [-0.15, -0.1) is 0 Å². The molecule has 0 aromatic heterocycles. The summed E-state index contributed by atoms with van der Waals surface area (Å²) in [6.07, 6.45) is 0. The monoisotopic (exact) mass is 244 g/mol. The topological polar surface area (TPSA) is 44.8 Å². The molecule has 1 rings (SSSR count). The Balaban J connectivity index is 2.47. The van der Waals surface area contributed by atoms with Crippen LogP contribution in [0.2, 0.25) is 5.02 Å². The Hall–Kier alpha value is -1.10. The number of carbonyl (C=O) groups is 1. The van der Waals surface area contributed by atoms with Crippen LogP contribution in [0.5, 0.6) is 0 Å². The van der Waals surface area contributed by atoms with Gasteiger partial charge in [0.25, 0.3) is 0 Å².